The molecular formula is C19H21F3N2O3S. The quantitative estimate of drug-likeness (QED) is 0.751. The second kappa shape index (κ2) is 8.64. The van der Waals surface area contributed by atoms with Crippen molar-refractivity contribution in [2.24, 2.45) is 0 Å². The maximum Gasteiger partial charge on any atom is 0.416 e. The summed E-state index contributed by atoms with van der Waals surface area (Å²) in [6.07, 6.45) is -3.21. The van der Waals surface area contributed by atoms with Gasteiger partial charge in [-0.3, -0.25) is 9.10 Å². The molecule has 0 radical (unpaired) electrons. The average molecular weight is 414 g/mol. The van der Waals surface area contributed by atoms with E-state index in [-0.39, 0.29) is 11.7 Å². The number of nitrogens with zero attached hydrogens (tertiary/aromatic N) is 1. The number of carbonyl (C=O) groups is 1. The molecule has 2 rings (SSSR count). The molecule has 1 amide bonds. The number of nitrogens with one attached hydrogen (secondary N) is 1. The van der Waals surface area contributed by atoms with Crippen molar-refractivity contribution in [2.75, 3.05) is 17.1 Å². The molecule has 2 aromatic carbocycles. The number of anilines is 1. The Morgan fingerprint density at radius 3 is 2.29 bits per heavy atom. The van der Waals surface area contributed by atoms with Crippen LogP contribution >= 0.6 is 0 Å². The monoisotopic (exact) mass is 414 g/mol. The summed E-state index contributed by atoms with van der Waals surface area (Å²) >= 11 is 0. The number of benzene rings is 2. The number of alkyl halides is 3. The van der Waals surface area contributed by atoms with Gasteiger partial charge in [0.1, 0.15) is 6.54 Å². The van der Waals surface area contributed by atoms with Crippen LogP contribution in [-0.4, -0.2) is 27.1 Å². The SMILES string of the molecule is CC[C@H](NC(=O)CN(c1cccc(C(F)(F)F)c1)S(C)(=O)=O)c1ccccc1. The zero-order valence-electron chi connectivity index (χ0n) is 15.4. The summed E-state index contributed by atoms with van der Waals surface area (Å²) in [7, 11) is -3.98. The van der Waals surface area contributed by atoms with Gasteiger partial charge in [-0.25, -0.2) is 8.42 Å². The van der Waals surface area contributed by atoms with Crippen molar-refractivity contribution in [1.29, 1.82) is 0 Å². The Kier molecular flexibility index (Phi) is 6.71. The van der Waals surface area contributed by atoms with Crippen LogP contribution in [0.1, 0.15) is 30.5 Å². The minimum absolute atomic E-state index is 0.222. The Morgan fingerprint density at radius 1 is 1.11 bits per heavy atom. The standard InChI is InChI=1S/C19H21F3N2O3S/c1-3-17(14-8-5-4-6-9-14)23-18(25)13-24(28(2,26)27)16-11-7-10-15(12-16)19(20,21)22/h4-12,17H,3,13H2,1-2H3,(H,23,25)/t17-/m0/s1. The molecule has 0 heterocycles. The summed E-state index contributed by atoms with van der Waals surface area (Å²) in [6.45, 7) is 1.24. The van der Waals surface area contributed by atoms with Gasteiger partial charge in [-0.2, -0.15) is 13.2 Å². The van der Waals surface area contributed by atoms with E-state index in [4.69, 9.17) is 0 Å². The lowest BCUT2D eigenvalue weighted by molar-refractivity contribution is -0.137. The second-order valence-corrected chi connectivity index (χ2v) is 8.16. The molecule has 1 atom stereocenters. The summed E-state index contributed by atoms with van der Waals surface area (Å²) in [5.74, 6) is -0.612. The van der Waals surface area contributed by atoms with E-state index in [0.29, 0.717) is 16.8 Å². The average Bonchev–Trinajstić information content (AvgIpc) is 2.63. The Balaban J connectivity index is 2.25. The molecule has 0 aliphatic heterocycles. The number of amides is 1. The zero-order chi connectivity index (χ0) is 20.9. The number of hydrogen-bond acceptors (Lipinski definition) is 3. The molecule has 0 aliphatic rings. The van der Waals surface area contributed by atoms with Crippen molar-refractivity contribution >= 4 is 21.6 Å². The van der Waals surface area contributed by atoms with Gasteiger partial charge in [0.2, 0.25) is 15.9 Å². The minimum atomic E-state index is -4.62. The molecule has 1 N–H and O–H groups in total. The predicted octanol–water partition coefficient (Wildman–Crippen LogP) is 3.74. The molecular weight excluding hydrogens is 393 g/mol. The van der Waals surface area contributed by atoms with Crippen molar-refractivity contribution in [1.82, 2.24) is 5.32 Å². The fourth-order valence-corrected chi connectivity index (χ4v) is 3.56. The van der Waals surface area contributed by atoms with Crippen LogP contribution in [0.2, 0.25) is 0 Å². The first kappa shape index (κ1) is 21.7. The van der Waals surface area contributed by atoms with E-state index in [2.05, 4.69) is 5.32 Å². The molecule has 9 heteroatoms. The van der Waals surface area contributed by atoms with Crippen LogP contribution in [0.5, 0.6) is 0 Å². The minimum Gasteiger partial charge on any atom is -0.348 e. The molecule has 0 bridgehead atoms. The maximum absolute atomic E-state index is 12.9. The lowest BCUT2D eigenvalue weighted by atomic mass is 10.0. The third-order valence-corrected chi connectivity index (χ3v) is 5.23. The van der Waals surface area contributed by atoms with E-state index in [1.165, 1.54) is 6.07 Å². The number of rotatable bonds is 7. The Bertz CT molecular complexity index is 916. The van der Waals surface area contributed by atoms with Gasteiger partial charge in [-0.05, 0) is 30.2 Å². The van der Waals surface area contributed by atoms with E-state index in [9.17, 15) is 26.4 Å². The van der Waals surface area contributed by atoms with Gasteiger partial charge in [0.15, 0.2) is 0 Å². The van der Waals surface area contributed by atoms with Crippen LogP contribution in [0.15, 0.2) is 54.6 Å². The first-order valence-corrected chi connectivity index (χ1v) is 10.4. The van der Waals surface area contributed by atoms with Gasteiger partial charge in [-0.1, -0.05) is 43.3 Å². The summed E-state index contributed by atoms with van der Waals surface area (Å²) in [6, 6.07) is 12.7. The molecule has 0 spiro atoms. The summed E-state index contributed by atoms with van der Waals surface area (Å²) in [5, 5.41) is 2.73. The molecule has 152 valence electrons. The van der Waals surface area contributed by atoms with Crippen molar-refractivity contribution in [3.8, 4) is 0 Å². The second-order valence-electron chi connectivity index (χ2n) is 6.26. The van der Waals surface area contributed by atoms with Crippen molar-refractivity contribution in [3.05, 3.63) is 65.7 Å². The van der Waals surface area contributed by atoms with Gasteiger partial charge in [0, 0.05) is 0 Å². The summed E-state index contributed by atoms with van der Waals surface area (Å²) in [4.78, 5) is 12.5. The number of carbonyl (C=O) groups excluding carboxylic acids is 1. The van der Waals surface area contributed by atoms with E-state index >= 15 is 0 Å². The topological polar surface area (TPSA) is 66.5 Å². The summed E-state index contributed by atoms with van der Waals surface area (Å²) < 4.78 is 63.7. The molecule has 0 aromatic heterocycles. The molecule has 5 nitrogen and oxygen atoms in total. The van der Waals surface area contributed by atoms with E-state index in [1.807, 2.05) is 37.3 Å². The van der Waals surface area contributed by atoms with Gasteiger partial charge in [0.05, 0.1) is 23.5 Å². The highest BCUT2D eigenvalue weighted by Crippen LogP contribution is 2.32. The van der Waals surface area contributed by atoms with E-state index < -0.39 is 34.2 Å². The molecule has 0 saturated carbocycles. The predicted molar refractivity (Wildman–Crippen MR) is 101 cm³/mol. The van der Waals surface area contributed by atoms with E-state index in [0.717, 1.165) is 24.0 Å². The summed E-state index contributed by atoms with van der Waals surface area (Å²) in [5.41, 5.74) is -0.363. The van der Waals surface area contributed by atoms with Crippen LogP contribution in [0.25, 0.3) is 0 Å². The highest BCUT2D eigenvalue weighted by atomic mass is 32.2. The van der Waals surface area contributed by atoms with Crippen LogP contribution in [0.4, 0.5) is 18.9 Å². The molecule has 0 aliphatic carbocycles. The highest BCUT2D eigenvalue weighted by molar-refractivity contribution is 7.92. The van der Waals surface area contributed by atoms with Crippen LogP contribution in [-0.2, 0) is 21.0 Å². The highest BCUT2D eigenvalue weighted by Gasteiger charge is 2.32. The normalized spacial score (nSPS) is 13.0. The van der Waals surface area contributed by atoms with Gasteiger partial charge in [0.25, 0.3) is 0 Å². The smallest absolute Gasteiger partial charge is 0.348 e. The fraction of sp³-hybridized carbons (Fsp3) is 0.316. The largest absolute Gasteiger partial charge is 0.416 e. The van der Waals surface area contributed by atoms with Crippen LogP contribution in [0.3, 0.4) is 0 Å². The van der Waals surface area contributed by atoms with Gasteiger partial charge < -0.3 is 5.32 Å². The molecule has 0 saturated heterocycles. The Hall–Kier alpha value is -2.55. The molecule has 28 heavy (non-hydrogen) atoms. The maximum atomic E-state index is 12.9. The molecule has 2 aromatic rings. The number of sulfonamides is 1. The number of halogens is 3. The fourth-order valence-electron chi connectivity index (χ4n) is 2.71. The van der Waals surface area contributed by atoms with Crippen molar-refractivity contribution < 1.29 is 26.4 Å². The van der Waals surface area contributed by atoms with E-state index in [1.54, 1.807) is 0 Å². The Morgan fingerprint density at radius 2 is 1.75 bits per heavy atom. The first-order chi connectivity index (χ1) is 13.0. The number of hydrogen-bond donors (Lipinski definition) is 1. The lowest BCUT2D eigenvalue weighted by Gasteiger charge is -2.24. The zero-order valence-corrected chi connectivity index (χ0v) is 16.2. The molecule has 0 unspecified atom stereocenters. The van der Waals surface area contributed by atoms with Gasteiger partial charge >= 0.3 is 6.18 Å². The van der Waals surface area contributed by atoms with Crippen molar-refractivity contribution in [3.63, 3.8) is 0 Å². The molecule has 0 fully saturated rings. The lowest BCUT2D eigenvalue weighted by Crippen LogP contribution is -2.41. The first-order valence-electron chi connectivity index (χ1n) is 8.51. The third-order valence-electron chi connectivity index (χ3n) is 4.09. The van der Waals surface area contributed by atoms with Crippen molar-refractivity contribution in [2.45, 2.75) is 25.6 Å². The van der Waals surface area contributed by atoms with Crippen LogP contribution in [0, 0.1) is 0 Å². The van der Waals surface area contributed by atoms with Crippen LogP contribution < -0.4 is 9.62 Å². The third kappa shape index (κ3) is 5.72. The Labute approximate surface area is 162 Å². The van der Waals surface area contributed by atoms with Gasteiger partial charge in [-0.15, -0.1) is 0 Å².